The zero-order valence-corrected chi connectivity index (χ0v) is 28.0. The molecule has 13 N–H and O–H groups in total. The molecule has 2 aromatic carbocycles. The number of hydrogen-bond acceptors (Lipinski definition) is 21. The molecule has 15 atom stereocenters. The average Bonchev–Trinajstić information content (AvgIpc) is 3.14. The lowest BCUT2D eigenvalue weighted by atomic mass is 9.97. The molecular formula is C33H40O21. The van der Waals surface area contributed by atoms with Gasteiger partial charge in [0.1, 0.15) is 83.5 Å². The van der Waals surface area contributed by atoms with Gasteiger partial charge < -0.3 is 99.2 Å². The van der Waals surface area contributed by atoms with E-state index in [4.69, 9.17) is 32.8 Å². The summed E-state index contributed by atoms with van der Waals surface area (Å²) in [6.07, 6.45) is -25.8. The number of aromatic hydroxyl groups is 3. The van der Waals surface area contributed by atoms with Crippen LogP contribution >= 0.6 is 0 Å². The summed E-state index contributed by atoms with van der Waals surface area (Å²) >= 11 is 0. The van der Waals surface area contributed by atoms with Gasteiger partial charge in [-0.3, -0.25) is 4.79 Å². The molecule has 3 aliphatic heterocycles. The van der Waals surface area contributed by atoms with Gasteiger partial charge in [0.2, 0.25) is 23.8 Å². The minimum absolute atomic E-state index is 0.116. The molecule has 0 saturated carbocycles. The lowest BCUT2D eigenvalue weighted by molar-refractivity contribution is -0.355. The molecular weight excluding hydrogens is 732 g/mol. The van der Waals surface area contributed by atoms with Crippen molar-refractivity contribution in [2.45, 2.75) is 99.0 Å². The highest BCUT2D eigenvalue weighted by atomic mass is 16.8. The molecule has 3 aliphatic rings. The van der Waals surface area contributed by atoms with Gasteiger partial charge in [-0.15, -0.1) is 0 Å². The summed E-state index contributed by atoms with van der Waals surface area (Å²) in [6, 6.07) is 5.19. The van der Waals surface area contributed by atoms with Crippen LogP contribution in [-0.4, -0.2) is 172 Å². The summed E-state index contributed by atoms with van der Waals surface area (Å²) in [7, 11) is 0. The van der Waals surface area contributed by atoms with E-state index in [0.717, 1.165) is 24.3 Å². The first-order chi connectivity index (χ1) is 25.6. The number of aliphatic hydroxyl groups excluding tert-OH is 10. The van der Waals surface area contributed by atoms with Crippen LogP contribution in [0.4, 0.5) is 0 Å². The molecule has 298 valence electrons. The Kier molecular flexibility index (Phi) is 11.5. The number of aliphatic hydroxyl groups is 10. The number of fused-ring (bicyclic) bond motifs is 1. The van der Waals surface area contributed by atoms with Crippen molar-refractivity contribution in [1.29, 1.82) is 0 Å². The van der Waals surface area contributed by atoms with Crippen molar-refractivity contribution < 1.29 is 99.2 Å². The van der Waals surface area contributed by atoms with Crippen LogP contribution in [-0.2, 0) is 18.9 Å². The second-order valence-corrected chi connectivity index (χ2v) is 13.0. The predicted octanol–water partition coefficient (Wildman–Crippen LogP) is -4.21. The molecule has 21 heteroatoms. The van der Waals surface area contributed by atoms with Gasteiger partial charge in [-0.2, -0.15) is 0 Å². The summed E-state index contributed by atoms with van der Waals surface area (Å²) in [5.74, 6) is -3.59. The van der Waals surface area contributed by atoms with E-state index in [9.17, 15) is 71.2 Å². The van der Waals surface area contributed by atoms with Crippen LogP contribution < -0.4 is 14.9 Å². The summed E-state index contributed by atoms with van der Waals surface area (Å²) < 4.78 is 39.7. The van der Waals surface area contributed by atoms with Crippen molar-refractivity contribution >= 4 is 11.0 Å². The van der Waals surface area contributed by atoms with E-state index in [2.05, 4.69) is 0 Å². The third kappa shape index (κ3) is 7.27. The van der Waals surface area contributed by atoms with E-state index in [1.54, 1.807) is 0 Å². The fourth-order valence-electron chi connectivity index (χ4n) is 6.28. The predicted molar refractivity (Wildman–Crippen MR) is 173 cm³/mol. The lowest BCUT2D eigenvalue weighted by Crippen LogP contribution is -2.64. The minimum Gasteiger partial charge on any atom is -0.507 e. The summed E-state index contributed by atoms with van der Waals surface area (Å²) in [5.41, 5.74) is -1.63. The number of phenols is 3. The Labute approximate surface area is 303 Å². The first-order valence-corrected chi connectivity index (χ1v) is 16.5. The Morgan fingerprint density at radius 2 is 1.24 bits per heavy atom. The first-order valence-electron chi connectivity index (χ1n) is 16.5. The second kappa shape index (κ2) is 15.7. The first kappa shape index (κ1) is 39.8. The molecule has 3 saturated heterocycles. The van der Waals surface area contributed by atoms with Crippen LogP contribution in [0, 0.1) is 0 Å². The lowest BCUT2D eigenvalue weighted by Gasteiger charge is -2.45. The number of benzene rings is 2. The Bertz CT molecular complexity index is 1850. The summed E-state index contributed by atoms with van der Waals surface area (Å²) in [5, 5.41) is 133. The van der Waals surface area contributed by atoms with Gasteiger partial charge in [-0.1, -0.05) is 0 Å². The Morgan fingerprint density at radius 1 is 0.630 bits per heavy atom. The van der Waals surface area contributed by atoms with Crippen LogP contribution in [0.25, 0.3) is 22.3 Å². The van der Waals surface area contributed by atoms with E-state index in [1.807, 2.05) is 0 Å². The Morgan fingerprint density at radius 3 is 1.85 bits per heavy atom. The SMILES string of the molecule is C[C@@H]1O[C@@H](Oc2c(-c3ccc(O)c(O)c3)oc3cc(O[C@@H]4O[C@H](CO)[C@@H](O)[C@H](O)[C@H]4O)cc(O)c3c2=O)[C@H](O[C@@H]2O[C@H](CO)[C@@H](O)[C@H](O)[C@H]2O)[C@H](O)[C@H]1O. The molecule has 0 radical (unpaired) electrons. The second-order valence-electron chi connectivity index (χ2n) is 13.0. The minimum atomic E-state index is -1.97. The molecule has 0 spiro atoms. The fraction of sp³-hybridized carbons (Fsp3) is 0.545. The average molecular weight is 773 g/mol. The Balaban J connectivity index is 1.42. The van der Waals surface area contributed by atoms with Gasteiger partial charge in [0.15, 0.2) is 29.7 Å². The van der Waals surface area contributed by atoms with Crippen molar-refractivity contribution in [1.82, 2.24) is 0 Å². The third-order valence-electron chi connectivity index (χ3n) is 9.40. The van der Waals surface area contributed by atoms with Crippen LogP contribution in [0.15, 0.2) is 39.5 Å². The monoisotopic (exact) mass is 772 g/mol. The molecule has 1 aromatic heterocycles. The van der Waals surface area contributed by atoms with Gasteiger partial charge in [0.25, 0.3) is 0 Å². The highest BCUT2D eigenvalue weighted by Crippen LogP contribution is 2.41. The molecule has 0 unspecified atom stereocenters. The number of ether oxygens (including phenoxy) is 6. The number of hydrogen-bond donors (Lipinski definition) is 13. The summed E-state index contributed by atoms with van der Waals surface area (Å²) in [4.78, 5) is 14.2. The van der Waals surface area contributed by atoms with Gasteiger partial charge in [-0.05, 0) is 25.1 Å². The Hall–Kier alpha value is -3.91. The molecule has 0 bridgehead atoms. The fourth-order valence-corrected chi connectivity index (χ4v) is 6.28. The largest absolute Gasteiger partial charge is 0.507 e. The normalized spacial score (nSPS) is 37.3. The maximum Gasteiger partial charge on any atom is 0.239 e. The molecule has 54 heavy (non-hydrogen) atoms. The van der Waals surface area contributed by atoms with E-state index < -0.39 is 150 Å². The van der Waals surface area contributed by atoms with Crippen LogP contribution in [0.3, 0.4) is 0 Å². The van der Waals surface area contributed by atoms with Crippen molar-refractivity contribution in [3.05, 3.63) is 40.6 Å². The standard InChI is InChI=1S/C33H40O21/c1-9-19(39)25(45)30(54-32-27(47)24(44)21(41)17(8-35)52-32)33(48-9)53-29-22(42)18-14(38)5-11(49-31-26(46)23(43)20(40)16(7-34)51-31)6-15(18)50-28(29)10-2-3-12(36)13(37)4-10/h2-6,9,16-17,19-21,23-27,30-41,43-47H,7-8H2,1H3/t9-,16+,17+,19-,20+,21+,23-,24-,25+,26+,27+,30+,31+,32-,33-/m0/s1. The highest BCUT2D eigenvalue weighted by Gasteiger charge is 2.51. The van der Waals surface area contributed by atoms with E-state index in [0.29, 0.717) is 0 Å². The van der Waals surface area contributed by atoms with E-state index in [1.165, 1.54) is 13.0 Å². The van der Waals surface area contributed by atoms with Crippen LogP contribution in [0.5, 0.6) is 28.7 Å². The molecule has 21 nitrogen and oxygen atoms in total. The quantitative estimate of drug-likeness (QED) is 0.0917. The zero-order chi connectivity index (χ0) is 39.3. The third-order valence-corrected chi connectivity index (χ3v) is 9.40. The highest BCUT2D eigenvalue weighted by molar-refractivity contribution is 5.88. The molecule has 6 rings (SSSR count). The number of phenolic OH excluding ortho intramolecular Hbond substituents is 3. The number of rotatable bonds is 9. The smallest absolute Gasteiger partial charge is 0.239 e. The summed E-state index contributed by atoms with van der Waals surface area (Å²) in [6.45, 7) is -0.255. The van der Waals surface area contributed by atoms with E-state index >= 15 is 0 Å². The van der Waals surface area contributed by atoms with Crippen molar-refractivity contribution in [3.8, 4) is 40.1 Å². The van der Waals surface area contributed by atoms with Crippen molar-refractivity contribution in [3.63, 3.8) is 0 Å². The molecule has 3 aromatic rings. The maximum absolute atomic E-state index is 14.2. The molecule has 4 heterocycles. The van der Waals surface area contributed by atoms with Gasteiger partial charge >= 0.3 is 0 Å². The zero-order valence-electron chi connectivity index (χ0n) is 28.0. The molecule has 0 aliphatic carbocycles. The molecule has 3 fully saturated rings. The van der Waals surface area contributed by atoms with Crippen molar-refractivity contribution in [2.24, 2.45) is 0 Å². The van der Waals surface area contributed by atoms with Gasteiger partial charge in [0.05, 0.1) is 19.3 Å². The van der Waals surface area contributed by atoms with Gasteiger partial charge in [0, 0.05) is 17.7 Å². The van der Waals surface area contributed by atoms with E-state index in [-0.39, 0.29) is 11.3 Å². The molecule has 0 amide bonds. The van der Waals surface area contributed by atoms with Crippen LogP contribution in [0.1, 0.15) is 6.92 Å². The van der Waals surface area contributed by atoms with Crippen molar-refractivity contribution in [2.75, 3.05) is 13.2 Å². The topological polar surface area (TPSA) is 349 Å². The maximum atomic E-state index is 14.2. The van der Waals surface area contributed by atoms with Crippen LogP contribution in [0.2, 0.25) is 0 Å². The van der Waals surface area contributed by atoms with Gasteiger partial charge in [-0.25, -0.2) is 0 Å².